The van der Waals surface area contributed by atoms with Crippen molar-refractivity contribution in [1.82, 2.24) is 14.8 Å². The van der Waals surface area contributed by atoms with Crippen LogP contribution < -0.4 is 0 Å². The van der Waals surface area contributed by atoms with Crippen LogP contribution in [-0.2, 0) is 0 Å². The minimum Gasteiger partial charge on any atom is -0.354 e. The van der Waals surface area contributed by atoms with Gasteiger partial charge >= 0.3 is 0 Å². The van der Waals surface area contributed by atoms with E-state index in [-0.39, 0.29) is 5.91 Å². The summed E-state index contributed by atoms with van der Waals surface area (Å²) in [6, 6.07) is 3.58. The number of pyridine rings is 1. The summed E-state index contributed by atoms with van der Waals surface area (Å²) in [6.45, 7) is 3.06. The SMILES string of the molecule is CSC(=S)N1CCN(C(=O)c2cccnc2)CC1. The summed E-state index contributed by atoms with van der Waals surface area (Å²) in [6.07, 6.45) is 5.27. The van der Waals surface area contributed by atoms with Gasteiger partial charge in [0.2, 0.25) is 0 Å². The van der Waals surface area contributed by atoms with Gasteiger partial charge in [-0.05, 0) is 18.4 Å². The second kappa shape index (κ2) is 6.15. The highest BCUT2D eigenvalue weighted by molar-refractivity contribution is 8.22. The second-order valence-corrected chi connectivity index (χ2v) is 5.43. The summed E-state index contributed by atoms with van der Waals surface area (Å²) in [7, 11) is 0. The molecule has 96 valence electrons. The van der Waals surface area contributed by atoms with Crippen LogP contribution >= 0.6 is 24.0 Å². The molecule has 1 aliphatic rings. The first-order chi connectivity index (χ1) is 8.72. The third kappa shape index (κ3) is 3.00. The van der Waals surface area contributed by atoms with Crippen LogP contribution in [0.3, 0.4) is 0 Å². The number of piperazine rings is 1. The van der Waals surface area contributed by atoms with Crippen LogP contribution in [0.5, 0.6) is 0 Å². The second-order valence-electron chi connectivity index (χ2n) is 3.99. The van der Waals surface area contributed by atoms with E-state index in [4.69, 9.17) is 12.2 Å². The molecule has 0 atom stereocenters. The molecule has 1 aromatic heterocycles. The fourth-order valence-electron chi connectivity index (χ4n) is 1.89. The molecule has 2 heterocycles. The third-order valence-corrected chi connectivity index (χ3v) is 4.27. The van der Waals surface area contributed by atoms with Gasteiger partial charge in [-0.2, -0.15) is 0 Å². The molecule has 4 nitrogen and oxygen atoms in total. The summed E-state index contributed by atoms with van der Waals surface area (Å²) < 4.78 is 0.906. The molecular formula is C12H15N3OS2. The Bertz CT molecular complexity index is 430. The lowest BCUT2D eigenvalue weighted by Gasteiger charge is -2.35. The van der Waals surface area contributed by atoms with Crippen molar-refractivity contribution >= 4 is 34.2 Å². The maximum Gasteiger partial charge on any atom is 0.255 e. The Balaban J connectivity index is 1.94. The molecule has 0 unspecified atom stereocenters. The molecule has 0 aliphatic carbocycles. The number of thioether (sulfide) groups is 1. The van der Waals surface area contributed by atoms with Crippen molar-refractivity contribution in [2.75, 3.05) is 32.4 Å². The van der Waals surface area contributed by atoms with E-state index in [1.54, 1.807) is 36.3 Å². The first-order valence-electron chi connectivity index (χ1n) is 5.74. The van der Waals surface area contributed by atoms with E-state index in [9.17, 15) is 4.79 Å². The molecule has 0 aromatic carbocycles. The lowest BCUT2D eigenvalue weighted by atomic mass is 10.2. The average Bonchev–Trinajstić information content (AvgIpc) is 2.47. The Morgan fingerprint density at radius 1 is 1.33 bits per heavy atom. The molecule has 0 bridgehead atoms. The Morgan fingerprint density at radius 2 is 2.00 bits per heavy atom. The normalized spacial score (nSPS) is 15.6. The third-order valence-electron chi connectivity index (χ3n) is 2.91. The van der Waals surface area contributed by atoms with Crippen molar-refractivity contribution in [2.45, 2.75) is 0 Å². The highest BCUT2D eigenvalue weighted by Gasteiger charge is 2.22. The minimum atomic E-state index is 0.0535. The van der Waals surface area contributed by atoms with Crippen molar-refractivity contribution in [3.63, 3.8) is 0 Å². The molecule has 6 heteroatoms. The zero-order valence-electron chi connectivity index (χ0n) is 10.2. The van der Waals surface area contributed by atoms with E-state index in [1.165, 1.54) is 0 Å². The Hall–Kier alpha value is -1.14. The van der Waals surface area contributed by atoms with Gasteiger partial charge in [0, 0.05) is 38.6 Å². The molecule has 1 aromatic rings. The number of thiocarbonyl (C=S) groups is 1. The van der Waals surface area contributed by atoms with Gasteiger partial charge in [-0.25, -0.2) is 0 Å². The summed E-state index contributed by atoms with van der Waals surface area (Å²) in [5.74, 6) is 0.0535. The highest BCUT2D eigenvalue weighted by Crippen LogP contribution is 2.12. The lowest BCUT2D eigenvalue weighted by Crippen LogP contribution is -2.49. The molecule has 2 rings (SSSR count). The van der Waals surface area contributed by atoms with Crippen molar-refractivity contribution in [1.29, 1.82) is 0 Å². The molecule has 0 radical (unpaired) electrons. The van der Waals surface area contributed by atoms with Gasteiger partial charge in [-0.1, -0.05) is 12.2 Å². The van der Waals surface area contributed by atoms with E-state index in [0.29, 0.717) is 18.7 Å². The largest absolute Gasteiger partial charge is 0.354 e. The van der Waals surface area contributed by atoms with Crippen molar-refractivity contribution in [3.05, 3.63) is 30.1 Å². The number of carbonyl (C=O) groups is 1. The standard InChI is InChI=1S/C12H15N3OS2/c1-18-12(17)15-7-5-14(6-8-15)11(16)10-3-2-4-13-9-10/h2-4,9H,5-8H2,1H3. The van der Waals surface area contributed by atoms with Gasteiger partial charge in [0.1, 0.15) is 4.32 Å². The zero-order valence-corrected chi connectivity index (χ0v) is 11.8. The quantitative estimate of drug-likeness (QED) is 0.729. The first kappa shape index (κ1) is 13.3. The Kier molecular flexibility index (Phi) is 4.54. The van der Waals surface area contributed by atoms with E-state index in [2.05, 4.69) is 9.88 Å². The fraction of sp³-hybridized carbons (Fsp3) is 0.417. The predicted octanol–water partition coefficient (Wildman–Crippen LogP) is 1.49. The summed E-state index contributed by atoms with van der Waals surface area (Å²) >= 11 is 6.83. The van der Waals surface area contributed by atoms with Gasteiger partial charge in [0.15, 0.2) is 0 Å². The van der Waals surface area contributed by atoms with Crippen LogP contribution in [-0.4, -0.2) is 57.4 Å². The van der Waals surface area contributed by atoms with E-state index >= 15 is 0 Å². The molecule has 1 fully saturated rings. The zero-order chi connectivity index (χ0) is 13.0. The smallest absolute Gasteiger partial charge is 0.255 e. The van der Waals surface area contributed by atoms with Crippen LogP contribution in [0.2, 0.25) is 0 Å². The lowest BCUT2D eigenvalue weighted by molar-refractivity contribution is 0.0694. The number of aromatic nitrogens is 1. The molecule has 1 aliphatic heterocycles. The minimum absolute atomic E-state index is 0.0535. The molecule has 1 amide bonds. The number of carbonyl (C=O) groups excluding carboxylic acids is 1. The van der Waals surface area contributed by atoms with E-state index in [0.717, 1.165) is 17.4 Å². The van der Waals surface area contributed by atoms with Crippen molar-refractivity contribution in [2.24, 2.45) is 0 Å². The Morgan fingerprint density at radius 3 is 2.56 bits per heavy atom. The molecule has 18 heavy (non-hydrogen) atoms. The van der Waals surface area contributed by atoms with Crippen LogP contribution in [0.25, 0.3) is 0 Å². The number of nitrogens with zero attached hydrogens (tertiary/aromatic N) is 3. The topological polar surface area (TPSA) is 36.4 Å². The predicted molar refractivity (Wildman–Crippen MR) is 77.8 cm³/mol. The summed E-state index contributed by atoms with van der Waals surface area (Å²) in [5.41, 5.74) is 0.651. The number of amides is 1. The summed E-state index contributed by atoms with van der Waals surface area (Å²) in [4.78, 5) is 20.2. The van der Waals surface area contributed by atoms with Crippen molar-refractivity contribution in [3.8, 4) is 0 Å². The first-order valence-corrected chi connectivity index (χ1v) is 7.38. The van der Waals surface area contributed by atoms with Crippen LogP contribution in [0.1, 0.15) is 10.4 Å². The molecule has 0 saturated carbocycles. The number of hydrogen-bond donors (Lipinski definition) is 0. The van der Waals surface area contributed by atoms with Crippen molar-refractivity contribution < 1.29 is 4.79 Å². The van der Waals surface area contributed by atoms with E-state index in [1.807, 2.05) is 11.2 Å². The maximum absolute atomic E-state index is 12.2. The van der Waals surface area contributed by atoms with Gasteiger partial charge in [0.05, 0.1) is 5.56 Å². The van der Waals surface area contributed by atoms with E-state index < -0.39 is 0 Å². The highest BCUT2D eigenvalue weighted by atomic mass is 32.2. The molecule has 1 saturated heterocycles. The number of hydrogen-bond acceptors (Lipinski definition) is 4. The molecular weight excluding hydrogens is 266 g/mol. The van der Waals surface area contributed by atoms with Crippen LogP contribution in [0.4, 0.5) is 0 Å². The van der Waals surface area contributed by atoms with Gasteiger partial charge in [-0.15, -0.1) is 11.8 Å². The summed E-state index contributed by atoms with van der Waals surface area (Å²) in [5, 5.41) is 0. The van der Waals surface area contributed by atoms with Gasteiger partial charge < -0.3 is 9.80 Å². The average molecular weight is 281 g/mol. The molecule has 0 N–H and O–H groups in total. The maximum atomic E-state index is 12.2. The molecule has 0 spiro atoms. The van der Waals surface area contributed by atoms with Gasteiger partial charge in [-0.3, -0.25) is 9.78 Å². The number of rotatable bonds is 1. The fourth-order valence-corrected chi connectivity index (χ4v) is 2.52. The Labute approximate surface area is 116 Å². The van der Waals surface area contributed by atoms with Crippen LogP contribution in [0, 0.1) is 0 Å². The monoisotopic (exact) mass is 281 g/mol. The van der Waals surface area contributed by atoms with Gasteiger partial charge in [0.25, 0.3) is 5.91 Å². The van der Waals surface area contributed by atoms with Crippen LogP contribution in [0.15, 0.2) is 24.5 Å².